The molecule has 1 N–H and O–H groups in total. The Kier molecular flexibility index (Phi) is 7.02. The number of piperazine rings is 1. The fourth-order valence-corrected chi connectivity index (χ4v) is 3.87. The maximum atomic E-state index is 13.7. The van der Waals surface area contributed by atoms with Crippen LogP contribution in [0.5, 0.6) is 0 Å². The van der Waals surface area contributed by atoms with Crippen molar-refractivity contribution in [3.8, 4) is 0 Å². The highest BCUT2D eigenvalue weighted by Crippen LogP contribution is 2.26. The molecule has 1 aromatic carbocycles. The summed E-state index contributed by atoms with van der Waals surface area (Å²) in [5.41, 5.74) is 0.353. The maximum Gasteiger partial charge on any atom is 0.233 e. The van der Waals surface area contributed by atoms with Crippen LogP contribution in [0.25, 0.3) is 0 Å². The molecule has 0 spiro atoms. The molecule has 0 atom stereocenters. The van der Waals surface area contributed by atoms with E-state index in [9.17, 15) is 8.78 Å². The van der Waals surface area contributed by atoms with Gasteiger partial charge >= 0.3 is 0 Å². The minimum Gasteiger partial charge on any atom is -0.352 e. The summed E-state index contributed by atoms with van der Waals surface area (Å²) in [6, 6.07) is 7.21. The van der Waals surface area contributed by atoms with Crippen LogP contribution >= 0.6 is 11.6 Å². The Morgan fingerprint density at radius 3 is 2.36 bits per heavy atom. The molecule has 4 rings (SSSR count). The summed E-state index contributed by atoms with van der Waals surface area (Å²) in [6.45, 7) is 8.21. The third kappa shape index (κ3) is 5.22. The second-order valence-corrected chi connectivity index (χ2v) is 7.88. The normalized spacial score (nSPS) is 13.8. The number of pyridine rings is 1. The predicted octanol–water partition coefficient (Wildman–Crippen LogP) is 4.11. The van der Waals surface area contributed by atoms with Gasteiger partial charge in [0.05, 0.1) is 5.02 Å². The van der Waals surface area contributed by atoms with Crippen molar-refractivity contribution in [1.82, 2.24) is 19.9 Å². The van der Waals surface area contributed by atoms with Gasteiger partial charge in [-0.25, -0.2) is 13.8 Å². The zero-order valence-corrected chi connectivity index (χ0v) is 19.2. The molecule has 0 unspecified atom stereocenters. The van der Waals surface area contributed by atoms with Crippen LogP contribution in [-0.2, 0) is 0 Å². The Labute approximate surface area is 196 Å². The molecule has 0 saturated carbocycles. The highest BCUT2D eigenvalue weighted by molar-refractivity contribution is 6.32. The number of halogens is 3. The zero-order chi connectivity index (χ0) is 23.4. The molecule has 3 heterocycles. The predicted molar refractivity (Wildman–Crippen MR) is 127 cm³/mol. The molecule has 1 aliphatic rings. The molecule has 33 heavy (non-hydrogen) atoms. The van der Waals surface area contributed by atoms with E-state index in [0.29, 0.717) is 48.8 Å². The first-order chi connectivity index (χ1) is 16.0. The van der Waals surface area contributed by atoms with Gasteiger partial charge in [0.2, 0.25) is 17.8 Å². The van der Waals surface area contributed by atoms with E-state index in [1.54, 1.807) is 6.20 Å². The monoisotopic (exact) mass is 474 g/mol. The van der Waals surface area contributed by atoms with Gasteiger partial charge in [-0.1, -0.05) is 11.6 Å². The van der Waals surface area contributed by atoms with Crippen molar-refractivity contribution in [3.05, 3.63) is 53.2 Å². The van der Waals surface area contributed by atoms with Gasteiger partial charge in [-0.3, -0.25) is 0 Å². The minimum atomic E-state index is -0.942. The number of nitrogens with zero attached hydrogens (tertiary/aromatic N) is 7. The van der Waals surface area contributed by atoms with E-state index in [-0.39, 0.29) is 5.95 Å². The molecule has 0 radical (unpaired) electrons. The molecule has 1 fully saturated rings. The molecular weight excluding hydrogens is 450 g/mol. The van der Waals surface area contributed by atoms with Crippen molar-refractivity contribution >= 4 is 41.0 Å². The van der Waals surface area contributed by atoms with Gasteiger partial charge < -0.3 is 20.0 Å². The number of hydrogen-bond donors (Lipinski definition) is 1. The first-order valence-corrected chi connectivity index (χ1v) is 11.2. The fourth-order valence-electron chi connectivity index (χ4n) is 3.63. The van der Waals surface area contributed by atoms with Crippen LogP contribution in [-0.4, -0.2) is 59.2 Å². The lowest BCUT2D eigenvalue weighted by molar-refractivity contribution is 0.509. The lowest BCUT2D eigenvalue weighted by Crippen LogP contribution is -2.47. The van der Waals surface area contributed by atoms with Crippen molar-refractivity contribution in [2.24, 2.45) is 0 Å². The number of hydrogen-bond acceptors (Lipinski definition) is 8. The molecule has 1 saturated heterocycles. The standard InChI is InChI=1S/C22H25ClF2N8/c1-3-31(4-2)21-28-20(27-15-7-8-17(24)18(25)14-15)29-22(30-21)33-12-10-32(11-13-33)19-16(23)6-5-9-26-19/h5-9,14H,3-4,10-13H2,1-2H3,(H,27,28,29,30). The van der Waals surface area contributed by atoms with Gasteiger partial charge in [-0.15, -0.1) is 0 Å². The molecule has 2 aromatic heterocycles. The van der Waals surface area contributed by atoms with E-state index in [2.05, 4.69) is 35.1 Å². The van der Waals surface area contributed by atoms with Gasteiger partial charge in [0.15, 0.2) is 11.6 Å². The van der Waals surface area contributed by atoms with E-state index in [0.717, 1.165) is 31.0 Å². The van der Waals surface area contributed by atoms with Crippen LogP contribution in [0.3, 0.4) is 0 Å². The van der Waals surface area contributed by atoms with Gasteiger partial charge in [-0.2, -0.15) is 15.0 Å². The van der Waals surface area contributed by atoms with Crippen molar-refractivity contribution in [1.29, 1.82) is 0 Å². The van der Waals surface area contributed by atoms with Crippen molar-refractivity contribution < 1.29 is 8.78 Å². The summed E-state index contributed by atoms with van der Waals surface area (Å²) >= 11 is 6.30. The van der Waals surface area contributed by atoms with Crippen molar-refractivity contribution in [3.63, 3.8) is 0 Å². The molecule has 8 nitrogen and oxygen atoms in total. The number of benzene rings is 1. The zero-order valence-electron chi connectivity index (χ0n) is 18.5. The van der Waals surface area contributed by atoms with Gasteiger partial charge in [0.1, 0.15) is 5.82 Å². The van der Waals surface area contributed by atoms with Crippen molar-refractivity contribution in [2.45, 2.75) is 13.8 Å². The van der Waals surface area contributed by atoms with Crippen LogP contribution in [0.1, 0.15) is 13.8 Å². The Morgan fingerprint density at radius 1 is 0.970 bits per heavy atom. The summed E-state index contributed by atoms with van der Waals surface area (Å²) in [7, 11) is 0. The van der Waals surface area contributed by atoms with E-state index in [1.807, 2.05) is 30.9 Å². The largest absolute Gasteiger partial charge is 0.352 e. The summed E-state index contributed by atoms with van der Waals surface area (Å²) in [5.74, 6) is 0.213. The molecule has 0 aliphatic carbocycles. The third-order valence-electron chi connectivity index (χ3n) is 5.43. The van der Waals surface area contributed by atoms with Crippen LogP contribution < -0.4 is 20.0 Å². The Hall–Kier alpha value is -3.27. The first-order valence-electron chi connectivity index (χ1n) is 10.8. The Balaban J connectivity index is 1.58. The molecule has 3 aromatic rings. The number of rotatable bonds is 7. The fraction of sp³-hybridized carbons (Fsp3) is 0.364. The van der Waals surface area contributed by atoms with Crippen LogP contribution in [0.4, 0.5) is 38.1 Å². The smallest absolute Gasteiger partial charge is 0.233 e. The Bertz CT molecular complexity index is 1100. The highest BCUT2D eigenvalue weighted by Gasteiger charge is 2.23. The average Bonchev–Trinajstić information content (AvgIpc) is 2.83. The van der Waals surface area contributed by atoms with Gasteiger partial charge in [-0.05, 0) is 38.1 Å². The van der Waals surface area contributed by atoms with E-state index in [1.165, 1.54) is 6.07 Å². The van der Waals surface area contributed by atoms with E-state index < -0.39 is 11.6 Å². The van der Waals surface area contributed by atoms with Gasteiger partial charge in [0.25, 0.3) is 0 Å². The number of aromatic nitrogens is 4. The second kappa shape index (κ2) is 10.1. The summed E-state index contributed by atoms with van der Waals surface area (Å²) in [5, 5.41) is 3.60. The van der Waals surface area contributed by atoms with Crippen molar-refractivity contribution in [2.75, 3.05) is 59.3 Å². The van der Waals surface area contributed by atoms with E-state index in [4.69, 9.17) is 11.6 Å². The second-order valence-electron chi connectivity index (χ2n) is 7.47. The first kappa shape index (κ1) is 22.9. The molecule has 1 aliphatic heterocycles. The highest BCUT2D eigenvalue weighted by atomic mass is 35.5. The van der Waals surface area contributed by atoms with Crippen LogP contribution in [0.2, 0.25) is 5.02 Å². The molecule has 0 bridgehead atoms. The lowest BCUT2D eigenvalue weighted by atomic mass is 10.3. The molecular formula is C22H25ClF2N8. The maximum absolute atomic E-state index is 13.7. The summed E-state index contributed by atoms with van der Waals surface area (Å²) in [6.07, 6.45) is 1.73. The third-order valence-corrected chi connectivity index (χ3v) is 5.73. The topological polar surface area (TPSA) is 73.3 Å². The minimum absolute atomic E-state index is 0.267. The number of nitrogens with one attached hydrogen (secondary N) is 1. The molecule has 0 amide bonds. The summed E-state index contributed by atoms with van der Waals surface area (Å²) in [4.78, 5) is 24.3. The van der Waals surface area contributed by atoms with E-state index >= 15 is 0 Å². The molecule has 174 valence electrons. The average molecular weight is 475 g/mol. The number of anilines is 5. The summed E-state index contributed by atoms with van der Waals surface area (Å²) < 4.78 is 27.0. The quantitative estimate of drug-likeness (QED) is 0.548. The molecule has 11 heteroatoms. The lowest BCUT2D eigenvalue weighted by Gasteiger charge is -2.36. The van der Waals surface area contributed by atoms with Crippen LogP contribution in [0.15, 0.2) is 36.5 Å². The van der Waals surface area contributed by atoms with Gasteiger partial charge in [0, 0.05) is 57.2 Å². The van der Waals surface area contributed by atoms with Crippen LogP contribution in [0, 0.1) is 11.6 Å². The Morgan fingerprint density at radius 2 is 1.70 bits per heavy atom. The SMILES string of the molecule is CCN(CC)c1nc(Nc2ccc(F)c(F)c2)nc(N2CCN(c3ncccc3Cl)CC2)n1.